The molecule has 2 aromatic carbocycles. The second kappa shape index (κ2) is 3.86. The minimum atomic E-state index is 0.789. The van der Waals surface area contributed by atoms with Gasteiger partial charge in [-0.1, -0.05) is 23.8 Å². The third kappa shape index (κ3) is 1.89. The fourth-order valence-electron chi connectivity index (χ4n) is 1.84. The summed E-state index contributed by atoms with van der Waals surface area (Å²) in [5.41, 5.74) is 10.0. The predicted molar refractivity (Wildman–Crippen MR) is 74.2 cm³/mol. The van der Waals surface area contributed by atoms with Gasteiger partial charge in [0.15, 0.2) is 0 Å². The van der Waals surface area contributed by atoms with Crippen molar-refractivity contribution in [3.05, 3.63) is 48.0 Å². The summed E-state index contributed by atoms with van der Waals surface area (Å²) in [6, 6.07) is 14.2. The fourth-order valence-corrected chi connectivity index (χ4v) is 2.85. The van der Waals surface area contributed by atoms with Crippen LogP contribution in [0.5, 0.6) is 0 Å². The van der Waals surface area contributed by atoms with Crippen molar-refractivity contribution in [1.82, 2.24) is 4.98 Å². The van der Waals surface area contributed by atoms with Crippen LogP contribution in [0.4, 0.5) is 5.69 Å². The monoisotopic (exact) mass is 240 g/mol. The lowest BCUT2D eigenvalue weighted by atomic mass is 10.1. The number of aryl methyl sites for hydroxylation is 1. The van der Waals surface area contributed by atoms with Gasteiger partial charge in [-0.3, -0.25) is 0 Å². The van der Waals surface area contributed by atoms with Gasteiger partial charge in [0.1, 0.15) is 5.01 Å². The van der Waals surface area contributed by atoms with E-state index in [9.17, 15) is 0 Å². The lowest BCUT2D eigenvalue weighted by molar-refractivity contribution is 1.43. The highest BCUT2D eigenvalue weighted by atomic mass is 32.1. The van der Waals surface area contributed by atoms with Gasteiger partial charge < -0.3 is 5.73 Å². The van der Waals surface area contributed by atoms with Crippen LogP contribution in [0.25, 0.3) is 20.8 Å². The van der Waals surface area contributed by atoms with Crippen LogP contribution in [-0.4, -0.2) is 4.98 Å². The molecule has 2 nitrogen and oxygen atoms in total. The summed E-state index contributed by atoms with van der Waals surface area (Å²) in [7, 11) is 0. The van der Waals surface area contributed by atoms with Crippen LogP contribution in [0.15, 0.2) is 42.5 Å². The molecule has 1 aromatic heterocycles. The summed E-state index contributed by atoms with van der Waals surface area (Å²) < 4.78 is 1.14. The highest BCUT2D eigenvalue weighted by Crippen LogP contribution is 2.31. The number of anilines is 1. The summed E-state index contributed by atoms with van der Waals surface area (Å²) in [5, 5.41) is 1.05. The van der Waals surface area contributed by atoms with Crippen molar-refractivity contribution in [1.29, 1.82) is 0 Å². The highest BCUT2D eigenvalue weighted by Gasteiger charge is 2.06. The fraction of sp³-hybridized carbons (Fsp3) is 0.0714. The van der Waals surface area contributed by atoms with Gasteiger partial charge in [0.25, 0.3) is 0 Å². The molecule has 0 radical (unpaired) electrons. The van der Waals surface area contributed by atoms with Crippen molar-refractivity contribution >= 4 is 27.2 Å². The lowest BCUT2D eigenvalue weighted by Gasteiger charge is -1.96. The molecule has 0 bridgehead atoms. The predicted octanol–water partition coefficient (Wildman–Crippen LogP) is 3.85. The van der Waals surface area contributed by atoms with E-state index in [1.54, 1.807) is 11.3 Å². The number of aromatic nitrogens is 1. The maximum Gasteiger partial charge on any atom is 0.124 e. The minimum Gasteiger partial charge on any atom is -0.399 e. The number of nitrogens with two attached hydrogens (primary N) is 1. The minimum absolute atomic E-state index is 0.789. The van der Waals surface area contributed by atoms with Crippen LogP contribution in [0.1, 0.15) is 5.56 Å². The lowest BCUT2D eigenvalue weighted by Crippen LogP contribution is -1.81. The first-order valence-electron chi connectivity index (χ1n) is 5.45. The first kappa shape index (κ1) is 10.3. The molecule has 84 valence electrons. The number of benzene rings is 2. The number of thiazole rings is 1. The Balaban J connectivity index is 2.18. The number of fused-ring (bicyclic) bond motifs is 1. The molecule has 0 unspecified atom stereocenters. The topological polar surface area (TPSA) is 38.9 Å². The average molecular weight is 240 g/mol. The molecular formula is C14H12N2S. The Morgan fingerprint density at radius 2 is 2.00 bits per heavy atom. The molecule has 0 spiro atoms. The van der Waals surface area contributed by atoms with E-state index >= 15 is 0 Å². The average Bonchev–Trinajstić information content (AvgIpc) is 2.72. The largest absolute Gasteiger partial charge is 0.399 e. The van der Waals surface area contributed by atoms with E-state index in [-0.39, 0.29) is 0 Å². The summed E-state index contributed by atoms with van der Waals surface area (Å²) in [6.45, 7) is 2.09. The van der Waals surface area contributed by atoms with Crippen molar-refractivity contribution in [3.8, 4) is 10.6 Å². The van der Waals surface area contributed by atoms with Gasteiger partial charge in [0, 0.05) is 11.3 Å². The van der Waals surface area contributed by atoms with E-state index in [0.717, 1.165) is 20.9 Å². The Bertz CT molecular complexity index is 686. The zero-order valence-corrected chi connectivity index (χ0v) is 10.3. The number of hydrogen-bond donors (Lipinski definition) is 1. The molecule has 0 aliphatic rings. The van der Waals surface area contributed by atoms with Crippen molar-refractivity contribution in [2.24, 2.45) is 0 Å². The molecule has 17 heavy (non-hydrogen) atoms. The van der Waals surface area contributed by atoms with E-state index in [1.807, 2.05) is 18.2 Å². The molecule has 0 fully saturated rings. The van der Waals surface area contributed by atoms with E-state index in [4.69, 9.17) is 5.73 Å². The van der Waals surface area contributed by atoms with Crippen LogP contribution in [0.2, 0.25) is 0 Å². The maximum absolute atomic E-state index is 5.77. The molecule has 0 saturated carbocycles. The van der Waals surface area contributed by atoms with Gasteiger partial charge in [-0.25, -0.2) is 4.98 Å². The molecule has 3 rings (SSSR count). The Morgan fingerprint density at radius 1 is 1.12 bits per heavy atom. The van der Waals surface area contributed by atoms with E-state index < -0.39 is 0 Å². The van der Waals surface area contributed by atoms with Gasteiger partial charge in [-0.2, -0.15) is 0 Å². The molecular weight excluding hydrogens is 228 g/mol. The Morgan fingerprint density at radius 3 is 2.82 bits per heavy atom. The van der Waals surface area contributed by atoms with Crippen molar-refractivity contribution in [2.45, 2.75) is 6.92 Å². The normalized spacial score (nSPS) is 10.9. The SMILES string of the molecule is Cc1cccc(-c2nc3ccc(N)cc3s2)c1. The summed E-state index contributed by atoms with van der Waals surface area (Å²) in [4.78, 5) is 4.63. The molecule has 3 heteroatoms. The van der Waals surface area contributed by atoms with Gasteiger partial charge in [-0.15, -0.1) is 11.3 Å². The van der Waals surface area contributed by atoms with Crippen LogP contribution in [0, 0.1) is 6.92 Å². The zero-order valence-electron chi connectivity index (χ0n) is 9.47. The summed E-state index contributed by atoms with van der Waals surface area (Å²) >= 11 is 1.68. The Hall–Kier alpha value is -1.87. The molecule has 0 saturated heterocycles. The number of nitrogens with zero attached hydrogens (tertiary/aromatic N) is 1. The standard InChI is InChI=1S/C14H12N2S/c1-9-3-2-4-10(7-9)14-16-12-6-5-11(15)8-13(12)17-14/h2-8H,15H2,1H3. The van der Waals surface area contributed by atoms with Gasteiger partial charge in [-0.05, 0) is 31.2 Å². The van der Waals surface area contributed by atoms with Crippen LogP contribution in [0.3, 0.4) is 0 Å². The maximum atomic E-state index is 5.77. The van der Waals surface area contributed by atoms with Crippen LogP contribution in [-0.2, 0) is 0 Å². The van der Waals surface area contributed by atoms with Crippen LogP contribution >= 0.6 is 11.3 Å². The molecule has 0 amide bonds. The van der Waals surface area contributed by atoms with Crippen LogP contribution < -0.4 is 5.73 Å². The second-order valence-corrected chi connectivity index (χ2v) is 5.15. The van der Waals surface area contributed by atoms with Gasteiger partial charge >= 0.3 is 0 Å². The number of rotatable bonds is 1. The van der Waals surface area contributed by atoms with E-state index in [0.29, 0.717) is 0 Å². The van der Waals surface area contributed by atoms with Crippen molar-refractivity contribution in [3.63, 3.8) is 0 Å². The highest BCUT2D eigenvalue weighted by molar-refractivity contribution is 7.21. The molecule has 0 atom stereocenters. The van der Waals surface area contributed by atoms with Gasteiger partial charge in [0.2, 0.25) is 0 Å². The smallest absolute Gasteiger partial charge is 0.124 e. The first-order chi connectivity index (χ1) is 8.22. The van der Waals surface area contributed by atoms with Crippen molar-refractivity contribution in [2.75, 3.05) is 5.73 Å². The summed E-state index contributed by atoms with van der Waals surface area (Å²) in [5.74, 6) is 0. The van der Waals surface area contributed by atoms with Gasteiger partial charge in [0.05, 0.1) is 10.2 Å². The van der Waals surface area contributed by atoms with Crippen molar-refractivity contribution < 1.29 is 0 Å². The molecule has 1 heterocycles. The Kier molecular flexibility index (Phi) is 2.34. The second-order valence-electron chi connectivity index (χ2n) is 4.12. The number of hydrogen-bond acceptors (Lipinski definition) is 3. The van der Waals surface area contributed by atoms with E-state index in [1.165, 1.54) is 11.1 Å². The molecule has 3 aromatic rings. The molecule has 0 aliphatic carbocycles. The summed E-state index contributed by atoms with van der Waals surface area (Å²) in [6.07, 6.45) is 0. The number of nitrogen functional groups attached to an aromatic ring is 1. The third-order valence-corrected chi connectivity index (χ3v) is 3.74. The van der Waals surface area contributed by atoms with E-state index in [2.05, 4.69) is 36.2 Å². The Labute approximate surface area is 104 Å². The third-order valence-electron chi connectivity index (χ3n) is 2.68. The zero-order chi connectivity index (χ0) is 11.8. The first-order valence-corrected chi connectivity index (χ1v) is 6.27. The molecule has 2 N–H and O–H groups in total. The molecule has 0 aliphatic heterocycles. The quantitative estimate of drug-likeness (QED) is 0.656.